The molecule has 1 aliphatic rings. The van der Waals surface area contributed by atoms with Crippen LogP contribution in [0.1, 0.15) is 17.5 Å². The van der Waals surface area contributed by atoms with E-state index in [9.17, 15) is 9.59 Å². The third-order valence-electron chi connectivity index (χ3n) is 5.22. The van der Waals surface area contributed by atoms with E-state index < -0.39 is 5.63 Å². The van der Waals surface area contributed by atoms with Crippen molar-refractivity contribution in [2.75, 3.05) is 46.4 Å². The van der Waals surface area contributed by atoms with Gasteiger partial charge in [-0.05, 0) is 31.0 Å². The monoisotopic (exact) mass is 374 g/mol. The first-order valence-electron chi connectivity index (χ1n) is 9.24. The highest BCUT2D eigenvalue weighted by Crippen LogP contribution is 2.24. The number of carbonyl (C=O) groups is 1. The van der Waals surface area contributed by atoms with Gasteiger partial charge in [0.1, 0.15) is 11.3 Å². The summed E-state index contributed by atoms with van der Waals surface area (Å²) in [4.78, 5) is 28.9. The van der Waals surface area contributed by atoms with Crippen molar-refractivity contribution in [2.45, 2.75) is 19.8 Å². The van der Waals surface area contributed by atoms with Gasteiger partial charge in [-0.15, -0.1) is 0 Å². The van der Waals surface area contributed by atoms with Gasteiger partial charge < -0.3 is 19.2 Å². The number of amides is 1. The van der Waals surface area contributed by atoms with Gasteiger partial charge in [0.05, 0.1) is 13.7 Å². The number of β-amino-alcohol motifs (C(OH)–C–C–N with tert-alkyl or cyclic N) is 1. The number of carbonyl (C=O) groups excluding carboxylic acids is 1. The first kappa shape index (κ1) is 19.4. The lowest BCUT2D eigenvalue weighted by atomic mass is 10.0. The number of hydrogen-bond donors (Lipinski definition) is 1. The van der Waals surface area contributed by atoms with Crippen molar-refractivity contribution in [1.29, 1.82) is 0 Å². The minimum atomic E-state index is -0.395. The Kier molecular flexibility index (Phi) is 6.13. The van der Waals surface area contributed by atoms with Crippen LogP contribution in [0.3, 0.4) is 0 Å². The fraction of sp³-hybridized carbons (Fsp3) is 0.500. The standard InChI is InChI=1S/C20H26N2O5/c1-14-16-4-3-15(26-2)13-18(16)27-20(25)17(14)5-6-19(24)22-9-7-21(8-10-22)11-12-23/h3-4,13,23H,5-12H2,1-2H3. The number of rotatable bonds is 6. The molecule has 1 aromatic heterocycles. The molecule has 0 atom stereocenters. The van der Waals surface area contributed by atoms with E-state index in [1.54, 1.807) is 13.2 Å². The lowest BCUT2D eigenvalue weighted by molar-refractivity contribution is -0.132. The predicted molar refractivity (Wildman–Crippen MR) is 102 cm³/mol. The van der Waals surface area contributed by atoms with Crippen molar-refractivity contribution < 1.29 is 19.1 Å². The molecule has 27 heavy (non-hydrogen) atoms. The molecule has 7 nitrogen and oxygen atoms in total. The minimum absolute atomic E-state index is 0.0484. The van der Waals surface area contributed by atoms with E-state index in [4.69, 9.17) is 14.3 Å². The highest BCUT2D eigenvalue weighted by Gasteiger charge is 2.21. The van der Waals surface area contributed by atoms with Crippen molar-refractivity contribution in [3.8, 4) is 5.75 Å². The Morgan fingerprint density at radius 1 is 1.26 bits per heavy atom. The molecule has 1 N–H and O–H groups in total. The van der Waals surface area contributed by atoms with Crippen molar-refractivity contribution in [1.82, 2.24) is 9.80 Å². The topological polar surface area (TPSA) is 83.2 Å². The molecule has 146 valence electrons. The summed E-state index contributed by atoms with van der Waals surface area (Å²) in [7, 11) is 1.57. The molecule has 0 spiro atoms. The molecule has 0 aliphatic carbocycles. The second-order valence-electron chi connectivity index (χ2n) is 6.80. The molecule has 7 heteroatoms. The summed E-state index contributed by atoms with van der Waals surface area (Å²) in [6, 6.07) is 5.40. The molecule has 1 aliphatic heterocycles. The lowest BCUT2D eigenvalue weighted by Gasteiger charge is -2.34. The minimum Gasteiger partial charge on any atom is -0.497 e. The Labute approximate surface area is 158 Å². The van der Waals surface area contributed by atoms with Crippen LogP contribution >= 0.6 is 0 Å². The second-order valence-corrected chi connectivity index (χ2v) is 6.80. The van der Waals surface area contributed by atoms with Gasteiger partial charge >= 0.3 is 5.63 Å². The smallest absolute Gasteiger partial charge is 0.339 e. The zero-order valence-corrected chi connectivity index (χ0v) is 15.9. The van der Waals surface area contributed by atoms with Gasteiger partial charge in [-0.3, -0.25) is 9.69 Å². The Morgan fingerprint density at radius 2 is 2.00 bits per heavy atom. The van der Waals surface area contributed by atoms with Crippen LogP contribution in [0.5, 0.6) is 5.75 Å². The van der Waals surface area contributed by atoms with Gasteiger partial charge in [0.15, 0.2) is 0 Å². The number of aliphatic hydroxyl groups excluding tert-OH is 1. The Bertz CT molecular complexity index is 869. The molecule has 1 amide bonds. The summed E-state index contributed by atoms with van der Waals surface area (Å²) in [6.07, 6.45) is 0.652. The van der Waals surface area contributed by atoms with Crippen LogP contribution in [0, 0.1) is 6.92 Å². The molecule has 2 heterocycles. The van der Waals surface area contributed by atoms with Crippen molar-refractivity contribution in [3.05, 3.63) is 39.7 Å². The van der Waals surface area contributed by atoms with Crippen LogP contribution < -0.4 is 10.4 Å². The van der Waals surface area contributed by atoms with Gasteiger partial charge in [-0.1, -0.05) is 0 Å². The number of aliphatic hydroxyl groups is 1. The van der Waals surface area contributed by atoms with Crippen LogP contribution in [0.25, 0.3) is 11.0 Å². The maximum Gasteiger partial charge on any atom is 0.339 e. The number of piperazine rings is 1. The number of fused-ring (bicyclic) bond motifs is 1. The first-order valence-corrected chi connectivity index (χ1v) is 9.24. The molecule has 0 bridgehead atoms. The van der Waals surface area contributed by atoms with E-state index in [1.165, 1.54) is 0 Å². The Balaban J connectivity index is 1.68. The average molecular weight is 374 g/mol. The third-order valence-corrected chi connectivity index (χ3v) is 5.22. The summed E-state index contributed by atoms with van der Waals surface area (Å²) in [5.74, 6) is 0.681. The third kappa shape index (κ3) is 4.31. The van der Waals surface area contributed by atoms with E-state index in [1.807, 2.05) is 24.0 Å². The number of aryl methyl sites for hydroxylation is 1. The lowest BCUT2D eigenvalue weighted by Crippen LogP contribution is -2.49. The SMILES string of the molecule is COc1ccc2c(C)c(CCC(=O)N3CCN(CCO)CC3)c(=O)oc2c1. The molecule has 0 unspecified atom stereocenters. The van der Waals surface area contributed by atoms with E-state index in [-0.39, 0.29) is 18.9 Å². The van der Waals surface area contributed by atoms with Crippen molar-refractivity contribution in [2.24, 2.45) is 0 Å². The maximum absolute atomic E-state index is 12.5. The fourth-order valence-electron chi connectivity index (χ4n) is 3.54. The molecule has 2 aromatic rings. The van der Waals surface area contributed by atoms with Crippen molar-refractivity contribution in [3.63, 3.8) is 0 Å². The number of ether oxygens (including phenoxy) is 1. The predicted octanol–water partition coefficient (Wildman–Crippen LogP) is 1.18. The average Bonchev–Trinajstić information content (AvgIpc) is 2.68. The van der Waals surface area contributed by atoms with E-state index in [0.717, 1.165) is 24.0 Å². The summed E-state index contributed by atoms with van der Waals surface area (Å²) >= 11 is 0. The Morgan fingerprint density at radius 3 is 2.67 bits per heavy atom. The number of nitrogens with zero attached hydrogens (tertiary/aromatic N) is 2. The maximum atomic E-state index is 12.5. The van der Waals surface area contributed by atoms with Gasteiger partial charge in [0.2, 0.25) is 5.91 Å². The molecule has 1 saturated heterocycles. The van der Waals surface area contributed by atoms with Crippen LogP contribution in [-0.2, 0) is 11.2 Å². The zero-order valence-electron chi connectivity index (χ0n) is 15.9. The Hall–Kier alpha value is -2.38. The largest absolute Gasteiger partial charge is 0.497 e. The molecule has 0 saturated carbocycles. The van der Waals surface area contributed by atoms with Crippen LogP contribution in [0.4, 0.5) is 0 Å². The zero-order chi connectivity index (χ0) is 19.4. The number of benzene rings is 1. The summed E-state index contributed by atoms with van der Waals surface area (Å²) in [5.41, 5.74) is 1.50. The number of hydrogen-bond acceptors (Lipinski definition) is 6. The van der Waals surface area contributed by atoms with Crippen LogP contribution in [0.15, 0.2) is 27.4 Å². The molecular formula is C20H26N2O5. The molecule has 0 radical (unpaired) electrons. The fourth-order valence-corrected chi connectivity index (χ4v) is 3.54. The van der Waals surface area contributed by atoms with Gasteiger partial charge in [-0.2, -0.15) is 0 Å². The quantitative estimate of drug-likeness (QED) is 0.765. The van der Waals surface area contributed by atoms with E-state index in [2.05, 4.69) is 4.90 Å². The molecular weight excluding hydrogens is 348 g/mol. The van der Waals surface area contributed by atoms with Gasteiger partial charge in [0, 0.05) is 56.2 Å². The summed E-state index contributed by atoms with van der Waals surface area (Å²) in [5, 5.41) is 9.85. The molecule has 1 aromatic carbocycles. The molecule has 1 fully saturated rings. The summed E-state index contributed by atoms with van der Waals surface area (Å²) < 4.78 is 10.6. The normalized spacial score (nSPS) is 15.3. The van der Waals surface area contributed by atoms with Gasteiger partial charge in [0.25, 0.3) is 0 Å². The van der Waals surface area contributed by atoms with Crippen molar-refractivity contribution >= 4 is 16.9 Å². The summed E-state index contributed by atoms with van der Waals surface area (Å²) in [6.45, 7) is 5.52. The van der Waals surface area contributed by atoms with Crippen LogP contribution in [-0.4, -0.2) is 67.3 Å². The first-order chi connectivity index (χ1) is 13.0. The second kappa shape index (κ2) is 8.54. The van der Waals surface area contributed by atoms with Gasteiger partial charge in [-0.25, -0.2) is 4.79 Å². The van der Waals surface area contributed by atoms with E-state index in [0.29, 0.717) is 43.0 Å². The highest BCUT2D eigenvalue weighted by atomic mass is 16.5. The van der Waals surface area contributed by atoms with E-state index >= 15 is 0 Å². The molecule has 3 rings (SSSR count). The van der Waals surface area contributed by atoms with Crippen LogP contribution in [0.2, 0.25) is 0 Å². The number of methoxy groups -OCH3 is 1. The highest BCUT2D eigenvalue weighted by molar-refractivity contribution is 5.82.